The molecule has 0 spiro atoms. The second kappa shape index (κ2) is 9.78. The third-order valence-electron chi connectivity index (χ3n) is 4.54. The number of nitrogens with one attached hydrogen (secondary N) is 2. The van der Waals surface area contributed by atoms with Crippen molar-refractivity contribution in [3.05, 3.63) is 59.9 Å². The minimum absolute atomic E-state index is 0.684. The number of hydrogen-bond donors (Lipinski definition) is 2. The highest BCUT2D eigenvalue weighted by molar-refractivity contribution is 5.79. The van der Waals surface area contributed by atoms with E-state index >= 15 is 0 Å². The number of aliphatic imine (C=N–C) groups is 1. The Hall–Kier alpha value is -3.02. The third-order valence-corrected chi connectivity index (χ3v) is 4.54. The van der Waals surface area contributed by atoms with Gasteiger partial charge in [-0.2, -0.15) is 0 Å². The number of H-pyrrole nitrogens is 1. The Labute approximate surface area is 166 Å². The molecular formula is C22H29N5O. The lowest BCUT2D eigenvalue weighted by Crippen LogP contribution is -2.39. The van der Waals surface area contributed by atoms with E-state index in [2.05, 4.69) is 43.4 Å². The molecular weight excluding hydrogens is 350 g/mol. The van der Waals surface area contributed by atoms with Crippen LogP contribution in [0.5, 0.6) is 5.75 Å². The molecule has 148 valence electrons. The van der Waals surface area contributed by atoms with Gasteiger partial charge in [-0.1, -0.05) is 24.3 Å². The topological polar surface area (TPSA) is 65.5 Å². The fraction of sp³-hybridized carbons (Fsp3) is 0.364. The number of aryl methyl sites for hydroxylation is 1. The van der Waals surface area contributed by atoms with Gasteiger partial charge in [-0.3, -0.25) is 4.99 Å². The van der Waals surface area contributed by atoms with Gasteiger partial charge in [-0.05, 0) is 43.2 Å². The molecule has 0 fully saturated rings. The predicted molar refractivity (Wildman–Crippen MR) is 115 cm³/mol. The van der Waals surface area contributed by atoms with Gasteiger partial charge >= 0.3 is 0 Å². The first kappa shape index (κ1) is 19.7. The molecule has 0 saturated carbocycles. The van der Waals surface area contributed by atoms with Crippen molar-refractivity contribution in [2.45, 2.75) is 26.3 Å². The molecule has 2 aromatic carbocycles. The van der Waals surface area contributed by atoms with Crippen LogP contribution in [0.25, 0.3) is 11.0 Å². The number of aromatic nitrogens is 2. The lowest BCUT2D eigenvalue weighted by Gasteiger charge is -2.22. The fourth-order valence-corrected chi connectivity index (χ4v) is 3.17. The van der Waals surface area contributed by atoms with E-state index in [0.717, 1.165) is 54.5 Å². The van der Waals surface area contributed by atoms with E-state index in [-0.39, 0.29) is 0 Å². The Kier molecular flexibility index (Phi) is 6.89. The van der Waals surface area contributed by atoms with Crippen molar-refractivity contribution < 1.29 is 4.74 Å². The van der Waals surface area contributed by atoms with Crippen LogP contribution in [0.2, 0.25) is 0 Å². The maximum Gasteiger partial charge on any atom is 0.193 e. The summed E-state index contributed by atoms with van der Waals surface area (Å²) in [6.07, 6.45) is 1.89. The summed E-state index contributed by atoms with van der Waals surface area (Å²) in [6, 6.07) is 16.3. The van der Waals surface area contributed by atoms with Crippen molar-refractivity contribution in [3.8, 4) is 5.75 Å². The minimum Gasteiger partial charge on any atom is -0.494 e. The molecule has 0 bridgehead atoms. The normalized spacial score (nSPS) is 11.6. The van der Waals surface area contributed by atoms with E-state index in [1.807, 2.05) is 51.4 Å². The summed E-state index contributed by atoms with van der Waals surface area (Å²) in [4.78, 5) is 14.5. The van der Waals surface area contributed by atoms with Crippen LogP contribution >= 0.6 is 0 Å². The SMILES string of the molecule is CCOc1ccc(CN(C)C(=NC)NCCCc2nc3ccccc3[nH]2)cc1. The highest BCUT2D eigenvalue weighted by Crippen LogP contribution is 2.13. The van der Waals surface area contributed by atoms with Crippen LogP contribution in [-0.2, 0) is 13.0 Å². The van der Waals surface area contributed by atoms with Crippen LogP contribution in [-0.4, -0.2) is 48.1 Å². The quantitative estimate of drug-likeness (QED) is 0.357. The summed E-state index contributed by atoms with van der Waals surface area (Å²) in [6.45, 7) is 4.31. The van der Waals surface area contributed by atoms with Crippen molar-refractivity contribution in [2.24, 2.45) is 4.99 Å². The van der Waals surface area contributed by atoms with Crippen LogP contribution in [0.3, 0.4) is 0 Å². The first-order valence-electron chi connectivity index (χ1n) is 9.76. The second-order valence-electron chi connectivity index (χ2n) is 6.71. The number of para-hydroxylation sites is 2. The molecule has 0 amide bonds. The van der Waals surface area contributed by atoms with Gasteiger partial charge in [0.05, 0.1) is 17.6 Å². The molecule has 28 heavy (non-hydrogen) atoms. The molecule has 1 heterocycles. The largest absolute Gasteiger partial charge is 0.494 e. The first-order valence-corrected chi connectivity index (χ1v) is 9.76. The summed E-state index contributed by atoms with van der Waals surface area (Å²) < 4.78 is 5.50. The van der Waals surface area contributed by atoms with Gasteiger partial charge < -0.3 is 19.9 Å². The number of ether oxygens (including phenoxy) is 1. The van der Waals surface area contributed by atoms with Crippen molar-refractivity contribution >= 4 is 17.0 Å². The van der Waals surface area contributed by atoms with Gasteiger partial charge in [0.25, 0.3) is 0 Å². The molecule has 3 aromatic rings. The van der Waals surface area contributed by atoms with Crippen molar-refractivity contribution in [2.75, 3.05) is 27.2 Å². The highest BCUT2D eigenvalue weighted by atomic mass is 16.5. The van der Waals surface area contributed by atoms with E-state index in [1.54, 1.807) is 0 Å². The van der Waals surface area contributed by atoms with E-state index in [4.69, 9.17) is 4.74 Å². The lowest BCUT2D eigenvalue weighted by molar-refractivity contribution is 0.340. The Morgan fingerprint density at radius 2 is 1.96 bits per heavy atom. The molecule has 2 N–H and O–H groups in total. The molecule has 0 saturated heterocycles. The highest BCUT2D eigenvalue weighted by Gasteiger charge is 2.07. The summed E-state index contributed by atoms with van der Waals surface area (Å²) in [5.41, 5.74) is 3.34. The molecule has 6 heteroatoms. The van der Waals surface area contributed by atoms with Crippen molar-refractivity contribution in [1.29, 1.82) is 0 Å². The van der Waals surface area contributed by atoms with E-state index in [0.29, 0.717) is 6.61 Å². The number of nitrogens with zero attached hydrogens (tertiary/aromatic N) is 3. The van der Waals surface area contributed by atoms with Gasteiger partial charge in [0, 0.05) is 33.6 Å². The fourth-order valence-electron chi connectivity index (χ4n) is 3.17. The van der Waals surface area contributed by atoms with Crippen LogP contribution in [0, 0.1) is 0 Å². The molecule has 0 atom stereocenters. The summed E-state index contributed by atoms with van der Waals surface area (Å²) >= 11 is 0. The van der Waals surface area contributed by atoms with Crippen LogP contribution in [0.4, 0.5) is 0 Å². The molecule has 0 aliphatic rings. The van der Waals surface area contributed by atoms with Crippen LogP contribution < -0.4 is 10.1 Å². The van der Waals surface area contributed by atoms with Crippen molar-refractivity contribution in [3.63, 3.8) is 0 Å². The van der Waals surface area contributed by atoms with Gasteiger partial charge in [0.15, 0.2) is 5.96 Å². The molecule has 0 aliphatic carbocycles. The van der Waals surface area contributed by atoms with E-state index in [9.17, 15) is 0 Å². The number of aromatic amines is 1. The number of hydrogen-bond acceptors (Lipinski definition) is 3. The first-order chi connectivity index (χ1) is 13.7. The summed E-state index contributed by atoms with van der Waals surface area (Å²) in [5, 5.41) is 3.43. The molecule has 0 aliphatic heterocycles. The Morgan fingerprint density at radius 3 is 2.68 bits per heavy atom. The maximum absolute atomic E-state index is 5.50. The average Bonchev–Trinajstić information content (AvgIpc) is 3.12. The number of fused-ring (bicyclic) bond motifs is 1. The Bertz CT molecular complexity index is 868. The molecule has 3 rings (SSSR count). The number of benzene rings is 2. The number of guanidine groups is 1. The molecule has 0 unspecified atom stereocenters. The van der Waals surface area contributed by atoms with Crippen LogP contribution in [0.1, 0.15) is 24.7 Å². The zero-order chi connectivity index (χ0) is 19.8. The van der Waals surface area contributed by atoms with Gasteiger partial charge in [0.2, 0.25) is 0 Å². The van der Waals surface area contributed by atoms with Gasteiger partial charge in [-0.15, -0.1) is 0 Å². The standard InChI is InChI=1S/C22H29N5O/c1-4-28-18-13-11-17(12-14-18)16-27(3)22(23-2)24-15-7-10-21-25-19-8-5-6-9-20(19)26-21/h5-6,8-9,11-14H,4,7,10,15-16H2,1-3H3,(H,23,24)(H,25,26). The zero-order valence-electron chi connectivity index (χ0n) is 16.9. The smallest absolute Gasteiger partial charge is 0.193 e. The lowest BCUT2D eigenvalue weighted by atomic mass is 10.2. The predicted octanol–water partition coefficient (Wildman–Crippen LogP) is 3.60. The van der Waals surface area contributed by atoms with E-state index in [1.165, 1.54) is 5.56 Å². The molecule has 6 nitrogen and oxygen atoms in total. The monoisotopic (exact) mass is 379 g/mol. The third kappa shape index (κ3) is 5.25. The van der Waals surface area contributed by atoms with Gasteiger partial charge in [0.1, 0.15) is 11.6 Å². The average molecular weight is 380 g/mol. The number of rotatable bonds is 8. The number of imidazole rings is 1. The Balaban J connectivity index is 1.45. The zero-order valence-corrected chi connectivity index (χ0v) is 16.9. The second-order valence-corrected chi connectivity index (χ2v) is 6.71. The molecule has 0 radical (unpaired) electrons. The van der Waals surface area contributed by atoms with Crippen LogP contribution in [0.15, 0.2) is 53.5 Å². The van der Waals surface area contributed by atoms with Crippen molar-refractivity contribution in [1.82, 2.24) is 20.2 Å². The molecule has 1 aromatic heterocycles. The van der Waals surface area contributed by atoms with E-state index < -0.39 is 0 Å². The summed E-state index contributed by atoms with van der Waals surface area (Å²) in [5.74, 6) is 2.82. The Morgan fingerprint density at radius 1 is 1.18 bits per heavy atom. The maximum atomic E-state index is 5.50. The van der Waals surface area contributed by atoms with Gasteiger partial charge in [-0.25, -0.2) is 4.98 Å². The minimum atomic E-state index is 0.684. The summed E-state index contributed by atoms with van der Waals surface area (Å²) in [7, 11) is 3.86.